The Morgan fingerprint density at radius 2 is 2.24 bits per heavy atom. The minimum atomic E-state index is 0.345. The summed E-state index contributed by atoms with van der Waals surface area (Å²) < 4.78 is 0. The quantitative estimate of drug-likeness (QED) is 0.861. The molecule has 0 spiro atoms. The topological polar surface area (TPSA) is 55.0 Å². The minimum Gasteiger partial charge on any atom is -0.330 e. The van der Waals surface area contributed by atoms with Crippen LogP contribution in [0.4, 0.5) is 0 Å². The van der Waals surface area contributed by atoms with E-state index >= 15 is 0 Å². The second-order valence-corrected chi connectivity index (χ2v) is 4.94. The maximum absolute atomic E-state index is 5.78. The van der Waals surface area contributed by atoms with E-state index in [0.29, 0.717) is 12.0 Å². The fraction of sp³-hybridized carbons (Fsp3) is 0.692. The minimum absolute atomic E-state index is 0.345. The van der Waals surface area contributed by atoms with Gasteiger partial charge in [0.1, 0.15) is 0 Å². The number of piperidine rings is 1. The highest BCUT2D eigenvalue weighted by Gasteiger charge is 2.25. The molecular weight excluding hydrogens is 212 g/mol. The predicted molar refractivity (Wildman–Crippen MR) is 68.5 cm³/mol. The average molecular weight is 234 g/mol. The molecule has 0 aliphatic carbocycles. The fourth-order valence-corrected chi connectivity index (χ4v) is 2.64. The standard InChI is InChI=1S/C13H22N4/c1-10-13(16-6-5-15-10)11(2)17-7-3-4-12(8-14)9-17/h5-6,11-12H,3-4,7-9,14H2,1-2H3. The first-order valence-corrected chi connectivity index (χ1v) is 6.44. The number of nitrogens with zero attached hydrogens (tertiary/aromatic N) is 3. The first kappa shape index (κ1) is 12.5. The summed E-state index contributed by atoms with van der Waals surface area (Å²) in [5.74, 6) is 0.642. The number of aromatic nitrogens is 2. The maximum atomic E-state index is 5.78. The Kier molecular flexibility index (Phi) is 4.07. The number of aryl methyl sites for hydroxylation is 1. The first-order valence-electron chi connectivity index (χ1n) is 6.44. The third-order valence-electron chi connectivity index (χ3n) is 3.75. The second kappa shape index (κ2) is 5.56. The van der Waals surface area contributed by atoms with Gasteiger partial charge in [-0.25, -0.2) is 0 Å². The Morgan fingerprint density at radius 1 is 1.47 bits per heavy atom. The molecule has 0 bridgehead atoms. The molecule has 1 aliphatic heterocycles. The van der Waals surface area contributed by atoms with Crippen molar-refractivity contribution >= 4 is 0 Å². The molecule has 4 nitrogen and oxygen atoms in total. The smallest absolute Gasteiger partial charge is 0.0784 e. The lowest BCUT2D eigenvalue weighted by molar-refractivity contribution is 0.132. The molecule has 1 fully saturated rings. The third-order valence-corrected chi connectivity index (χ3v) is 3.75. The number of hydrogen-bond donors (Lipinski definition) is 1. The van der Waals surface area contributed by atoms with E-state index in [2.05, 4.69) is 21.8 Å². The lowest BCUT2D eigenvalue weighted by Gasteiger charge is -2.36. The van der Waals surface area contributed by atoms with E-state index in [4.69, 9.17) is 5.73 Å². The molecule has 1 aromatic heterocycles. The largest absolute Gasteiger partial charge is 0.330 e. The van der Waals surface area contributed by atoms with Crippen molar-refractivity contribution < 1.29 is 0 Å². The van der Waals surface area contributed by atoms with Gasteiger partial charge in [0, 0.05) is 18.9 Å². The van der Waals surface area contributed by atoms with Crippen LogP contribution in [0.25, 0.3) is 0 Å². The second-order valence-electron chi connectivity index (χ2n) is 4.94. The van der Waals surface area contributed by atoms with Crippen molar-refractivity contribution in [1.82, 2.24) is 14.9 Å². The third kappa shape index (κ3) is 2.82. The lowest BCUT2D eigenvalue weighted by Crippen LogP contribution is -2.40. The maximum Gasteiger partial charge on any atom is 0.0784 e. The van der Waals surface area contributed by atoms with Crippen LogP contribution in [0.2, 0.25) is 0 Å². The molecule has 2 heterocycles. The molecule has 2 N–H and O–H groups in total. The van der Waals surface area contributed by atoms with Gasteiger partial charge in [-0.05, 0) is 45.7 Å². The molecule has 0 aromatic carbocycles. The number of nitrogens with two attached hydrogens (primary N) is 1. The highest BCUT2D eigenvalue weighted by Crippen LogP contribution is 2.25. The van der Waals surface area contributed by atoms with E-state index in [0.717, 1.165) is 31.0 Å². The van der Waals surface area contributed by atoms with Crippen molar-refractivity contribution in [3.8, 4) is 0 Å². The molecule has 1 aliphatic rings. The van der Waals surface area contributed by atoms with Gasteiger partial charge >= 0.3 is 0 Å². The van der Waals surface area contributed by atoms with Crippen molar-refractivity contribution in [2.45, 2.75) is 32.7 Å². The van der Waals surface area contributed by atoms with Gasteiger partial charge in [0.25, 0.3) is 0 Å². The van der Waals surface area contributed by atoms with Gasteiger partial charge in [-0.3, -0.25) is 14.9 Å². The SMILES string of the molecule is Cc1nccnc1C(C)N1CCCC(CN)C1. The highest BCUT2D eigenvalue weighted by molar-refractivity contribution is 5.12. The van der Waals surface area contributed by atoms with Crippen molar-refractivity contribution in [2.75, 3.05) is 19.6 Å². The van der Waals surface area contributed by atoms with Gasteiger partial charge in [0.15, 0.2) is 0 Å². The molecule has 2 atom stereocenters. The summed E-state index contributed by atoms with van der Waals surface area (Å²) in [5, 5.41) is 0. The average Bonchev–Trinajstić information content (AvgIpc) is 2.38. The van der Waals surface area contributed by atoms with Crippen LogP contribution in [0.15, 0.2) is 12.4 Å². The Morgan fingerprint density at radius 3 is 2.94 bits per heavy atom. The molecular formula is C13H22N4. The summed E-state index contributed by atoms with van der Waals surface area (Å²) >= 11 is 0. The summed E-state index contributed by atoms with van der Waals surface area (Å²) in [6.07, 6.45) is 6.04. The van der Waals surface area contributed by atoms with E-state index in [-0.39, 0.29) is 0 Å². The highest BCUT2D eigenvalue weighted by atomic mass is 15.2. The molecule has 4 heteroatoms. The van der Waals surface area contributed by atoms with Crippen molar-refractivity contribution in [1.29, 1.82) is 0 Å². The zero-order chi connectivity index (χ0) is 12.3. The predicted octanol–water partition coefficient (Wildman–Crippen LogP) is 1.52. The van der Waals surface area contributed by atoms with E-state index < -0.39 is 0 Å². The zero-order valence-electron chi connectivity index (χ0n) is 10.8. The Bertz CT molecular complexity index is 366. The number of likely N-dealkylation sites (tertiary alicyclic amines) is 1. The van der Waals surface area contributed by atoms with Gasteiger partial charge < -0.3 is 5.73 Å². The molecule has 0 amide bonds. The Hall–Kier alpha value is -1.00. The summed E-state index contributed by atoms with van der Waals surface area (Å²) in [7, 11) is 0. The normalized spacial score (nSPS) is 23.6. The van der Waals surface area contributed by atoms with Gasteiger partial charge in [0.2, 0.25) is 0 Å². The molecule has 0 saturated carbocycles. The van der Waals surface area contributed by atoms with Crippen LogP contribution >= 0.6 is 0 Å². The van der Waals surface area contributed by atoms with Crippen LogP contribution < -0.4 is 5.73 Å². The Labute approximate surface area is 103 Å². The fourth-order valence-electron chi connectivity index (χ4n) is 2.64. The summed E-state index contributed by atoms with van der Waals surface area (Å²) in [4.78, 5) is 11.3. The molecule has 1 saturated heterocycles. The lowest BCUT2D eigenvalue weighted by atomic mass is 9.96. The molecule has 94 valence electrons. The Balaban J connectivity index is 2.09. The molecule has 0 radical (unpaired) electrons. The van der Waals surface area contributed by atoms with Crippen LogP contribution in [0.1, 0.15) is 37.2 Å². The molecule has 1 aromatic rings. The first-order chi connectivity index (χ1) is 8.22. The van der Waals surface area contributed by atoms with Gasteiger partial charge in [-0.2, -0.15) is 0 Å². The summed E-state index contributed by atoms with van der Waals surface area (Å²) in [6, 6.07) is 0.345. The van der Waals surface area contributed by atoms with Crippen molar-refractivity contribution in [3.05, 3.63) is 23.8 Å². The van der Waals surface area contributed by atoms with Crippen LogP contribution in [0, 0.1) is 12.8 Å². The summed E-state index contributed by atoms with van der Waals surface area (Å²) in [6.45, 7) is 7.28. The molecule has 2 unspecified atom stereocenters. The molecule has 2 rings (SSSR count). The van der Waals surface area contributed by atoms with Crippen molar-refractivity contribution in [3.63, 3.8) is 0 Å². The number of rotatable bonds is 3. The van der Waals surface area contributed by atoms with E-state index in [9.17, 15) is 0 Å². The van der Waals surface area contributed by atoms with E-state index in [1.54, 1.807) is 12.4 Å². The van der Waals surface area contributed by atoms with Crippen LogP contribution in [0.5, 0.6) is 0 Å². The van der Waals surface area contributed by atoms with E-state index in [1.165, 1.54) is 12.8 Å². The van der Waals surface area contributed by atoms with Gasteiger partial charge in [-0.15, -0.1) is 0 Å². The number of hydrogen-bond acceptors (Lipinski definition) is 4. The van der Waals surface area contributed by atoms with Gasteiger partial charge in [0.05, 0.1) is 17.4 Å². The van der Waals surface area contributed by atoms with Crippen LogP contribution in [-0.2, 0) is 0 Å². The van der Waals surface area contributed by atoms with Gasteiger partial charge in [-0.1, -0.05) is 0 Å². The zero-order valence-corrected chi connectivity index (χ0v) is 10.8. The van der Waals surface area contributed by atoms with E-state index in [1.807, 2.05) is 6.92 Å². The van der Waals surface area contributed by atoms with Crippen molar-refractivity contribution in [2.24, 2.45) is 11.7 Å². The van der Waals surface area contributed by atoms with Crippen LogP contribution in [-0.4, -0.2) is 34.5 Å². The van der Waals surface area contributed by atoms with Crippen LogP contribution in [0.3, 0.4) is 0 Å². The molecule has 17 heavy (non-hydrogen) atoms. The summed E-state index contributed by atoms with van der Waals surface area (Å²) in [5.41, 5.74) is 7.92. The monoisotopic (exact) mass is 234 g/mol.